The first-order chi connectivity index (χ1) is 5.27. The molecule has 60 valence electrons. The summed E-state index contributed by atoms with van der Waals surface area (Å²) in [6.45, 7) is 0. The molecule has 1 heterocycles. The topological polar surface area (TPSA) is 61.6 Å². The van der Waals surface area contributed by atoms with Crippen LogP contribution in [-0.4, -0.2) is 25.2 Å². The third-order valence-corrected chi connectivity index (χ3v) is 1.05. The van der Waals surface area contributed by atoms with Crippen LogP contribution in [0.4, 0.5) is 0 Å². The second-order valence-electron chi connectivity index (χ2n) is 1.68. The van der Waals surface area contributed by atoms with E-state index in [-0.39, 0.29) is 11.8 Å². The Balaban J connectivity index is 2.80. The number of aromatic nitrogens is 1. The minimum Gasteiger partial charge on any atom is -0.467 e. The standard InChI is InChI=1S/C6H7NO4/c1-9-4-3-7-5(11-4)6(8)10-2/h3H,1-2H3. The molecular formula is C6H7NO4. The molecule has 11 heavy (non-hydrogen) atoms. The van der Waals surface area contributed by atoms with Crippen LogP contribution in [0.5, 0.6) is 5.95 Å². The number of rotatable bonds is 2. The van der Waals surface area contributed by atoms with E-state index in [1.807, 2.05) is 0 Å². The van der Waals surface area contributed by atoms with Crippen LogP contribution in [0.1, 0.15) is 10.7 Å². The van der Waals surface area contributed by atoms with Crippen LogP contribution in [0.25, 0.3) is 0 Å². The average molecular weight is 157 g/mol. The fraction of sp³-hybridized carbons (Fsp3) is 0.333. The summed E-state index contributed by atoms with van der Waals surface area (Å²) in [4.78, 5) is 14.3. The average Bonchev–Trinajstić information content (AvgIpc) is 2.50. The lowest BCUT2D eigenvalue weighted by atomic mass is 10.7. The summed E-state index contributed by atoms with van der Waals surface area (Å²) in [5, 5.41) is 0. The van der Waals surface area contributed by atoms with Gasteiger partial charge in [0.25, 0.3) is 0 Å². The van der Waals surface area contributed by atoms with Crippen molar-refractivity contribution in [2.24, 2.45) is 0 Å². The van der Waals surface area contributed by atoms with Crippen molar-refractivity contribution in [2.45, 2.75) is 0 Å². The fourth-order valence-corrected chi connectivity index (χ4v) is 0.535. The monoisotopic (exact) mass is 157 g/mol. The molecule has 0 amide bonds. The van der Waals surface area contributed by atoms with E-state index in [9.17, 15) is 4.79 Å². The maximum Gasteiger partial charge on any atom is 0.394 e. The van der Waals surface area contributed by atoms with Gasteiger partial charge in [-0.15, -0.1) is 0 Å². The molecule has 5 nitrogen and oxygen atoms in total. The van der Waals surface area contributed by atoms with E-state index in [4.69, 9.17) is 4.42 Å². The number of carbonyl (C=O) groups is 1. The summed E-state index contributed by atoms with van der Waals surface area (Å²) in [5.74, 6) is -0.539. The third kappa shape index (κ3) is 1.49. The van der Waals surface area contributed by atoms with Crippen LogP contribution in [0, 0.1) is 0 Å². The van der Waals surface area contributed by atoms with Gasteiger partial charge in [0.1, 0.15) is 6.20 Å². The molecule has 0 fully saturated rings. The molecule has 0 aliphatic carbocycles. The second kappa shape index (κ2) is 3.05. The minimum absolute atomic E-state index is 0.107. The van der Waals surface area contributed by atoms with Crippen LogP contribution in [-0.2, 0) is 4.74 Å². The number of carbonyl (C=O) groups excluding carboxylic acids is 1. The molecule has 1 rings (SSSR count). The molecule has 0 aliphatic heterocycles. The van der Waals surface area contributed by atoms with Crippen molar-refractivity contribution in [3.63, 3.8) is 0 Å². The first-order valence-corrected chi connectivity index (χ1v) is 2.86. The second-order valence-corrected chi connectivity index (χ2v) is 1.68. The van der Waals surface area contributed by atoms with Crippen LogP contribution in [0.2, 0.25) is 0 Å². The molecule has 0 radical (unpaired) electrons. The highest BCUT2D eigenvalue weighted by atomic mass is 16.6. The van der Waals surface area contributed by atoms with Crippen molar-refractivity contribution in [1.82, 2.24) is 4.98 Å². The maximum absolute atomic E-state index is 10.7. The number of hydrogen-bond acceptors (Lipinski definition) is 5. The lowest BCUT2D eigenvalue weighted by molar-refractivity contribution is 0.0550. The zero-order chi connectivity index (χ0) is 8.27. The first kappa shape index (κ1) is 7.59. The molecule has 5 heteroatoms. The molecule has 0 aliphatic rings. The SMILES string of the molecule is COC(=O)c1ncc(OC)o1. The van der Waals surface area contributed by atoms with Gasteiger partial charge in [0, 0.05) is 0 Å². The Morgan fingerprint density at radius 1 is 1.64 bits per heavy atom. The van der Waals surface area contributed by atoms with Gasteiger partial charge in [-0.3, -0.25) is 0 Å². The maximum atomic E-state index is 10.7. The van der Waals surface area contributed by atoms with Crippen LogP contribution in [0.15, 0.2) is 10.6 Å². The Kier molecular flexibility index (Phi) is 2.10. The Morgan fingerprint density at radius 3 is 2.82 bits per heavy atom. The molecule has 0 N–H and O–H groups in total. The van der Waals surface area contributed by atoms with Crippen molar-refractivity contribution in [3.8, 4) is 5.95 Å². The Bertz CT molecular complexity index is 255. The molecule has 1 aromatic heterocycles. The highest BCUT2D eigenvalue weighted by molar-refractivity contribution is 5.84. The van der Waals surface area contributed by atoms with E-state index >= 15 is 0 Å². The van der Waals surface area contributed by atoms with Gasteiger partial charge in [-0.2, -0.15) is 0 Å². The zero-order valence-corrected chi connectivity index (χ0v) is 6.16. The highest BCUT2D eigenvalue weighted by Crippen LogP contribution is 2.11. The smallest absolute Gasteiger partial charge is 0.394 e. The number of hydrogen-bond donors (Lipinski definition) is 0. The predicted molar refractivity (Wildman–Crippen MR) is 34.4 cm³/mol. The van der Waals surface area contributed by atoms with Crippen LogP contribution < -0.4 is 4.74 Å². The van der Waals surface area contributed by atoms with Crippen molar-refractivity contribution in [3.05, 3.63) is 12.1 Å². The van der Waals surface area contributed by atoms with Gasteiger partial charge in [0.15, 0.2) is 0 Å². The van der Waals surface area contributed by atoms with E-state index in [2.05, 4.69) is 14.5 Å². The van der Waals surface area contributed by atoms with Gasteiger partial charge in [-0.05, 0) is 0 Å². The predicted octanol–water partition coefficient (Wildman–Crippen LogP) is 0.470. The normalized spacial score (nSPS) is 9.27. The summed E-state index contributed by atoms with van der Waals surface area (Å²) < 4.78 is 13.8. The van der Waals surface area contributed by atoms with E-state index < -0.39 is 5.97 Å². The van der Waals surface area contributed by atoms with Gasteiger partial charge in [0.2, 0.25) is 0 Å². The fourth-order valence-electron chi connectivity index (χ4n) is 0.535. The zero-order valence-electron chi connectivity index (χ0n) is 6.16. The number of methoxy groups -OCH3 is 2. The quantitative estimate of drug-likeness (QED) is 0.584. The summed E-state index contributed by atoms with van der Waals surface area (Å²) in [6, 6.07) is 0. The van der Waals surface area contributed by atoms with E-state index in [0.29, 0.717) is 0 Å². The third-order valence-electron chi connectivity index (χ3n) is 1.05. The molecule has 0 saturated carbocycles. The van der Waals surface area contributed by atoms with Gasteiger partial charge < -0.3 is 13.9 Å². The van der Waals surface area contributed by atoms with Crippen molar-refractivity contribution < 1.29 is 18.7 Å². The molecule has 1 aromatic rings. The summed E-state index contributed by atoms with van der Waals surface area (Å²) in [6.07, 6.45) is 1.30. The summed E-state index contributed by atoms with van der Waals surface area (Å²) in [7, 11) is 2.67. The molecule has 0 unspecified atom stereocenters. The van der Waals surface area contributed by atoms with E-state index in [0.717, 1.165) is 0 Å². The van der Waals surface area contributed by atoms with E-state index in [1.165, 1.54) is 20.4 Å². The molecule has 0 atom stereocenters. The van der Waals surface area contributed by atoms with Crippen molar-refractivity contribution in [1.29, 1.82) is 0 Å². The number of oxazole rings is 1. The molecular weight excluding hydrogens is 150 g/mol. The van der Waals surface area contributed by atoms with Gasteiger partial charge >= 0.3 is 17.8 Å². The highest BCUT2D eigenvalue weighted by Gasteiger charge is 2.12. The number of nitrogens with zero attached hydrogens (tertiary/aromatic N) is 1. The Morgan fingerprint density at radius 2 is 2.36 bits per heavy atom. The molecule has 0 saturated heterocycles. The lowest BCUT2D eigenvalue weighted by Gasteiger charge is -1.90. The molecule has 0 spiro atoms. The number of ether oxygens (including phenoxy) is 2. The number of esters is 1. The van der Waals surface area contributed by atoms with Crippen LogP contribution in [0.3, 0.4) is 0 Å². The van der Waals surface area contributed by atoms with Gasteiger partial charge in [-0.25, -0.2) is 9.78 Å². The molecule has 0 aromatic carbocycles. The summed E-state index contributed by atoms with van der Waals surface area (Å²) in [5.41, 5.74) is 0. The van der Waals surface area contributed by atoms with E-state index in [1.54, 1.807) is 0 Å². The molecule has 0 bridgehead atoms. The van der Waals surface area contributed by atoms with Crippen molar-refractivity contribution >= 4 is 5.97 Å². The Hall–Kier alpha value is -1.52. The van der Waals surface area contributed by atoms with Crippen molar-refractivity contribution in [2.75, 3.05) is 14.2 Å². The summed E-state index contributed by atoms with van der Waals surface area (Å²) >= 11 is 0. The minimum atomic E-state index is -0.617. The van der Waals surface area contributed by atoms with Gasteiger partial charge in [0.05, 0.1) is 14.2 Å². The van der Waals surface area contributed by atoms with Gasteiger partial charge in [-0.1, -0.05) is 0 Å². The Labute approximate surface area is 62.9 Å². The van der Waals surface area contributed by atoms with Crippen LogP contribution >= 0.6 is 0 Å². The largest absolute Gasteiger partial charge is 0.467 e. The first-order valence-electron chi connectivity index (χ1n) is 2.86. The lowest BCUT2D eigenvalue weighted by Crippen LogP contribution is -2.00.